The highest BCUT2D eigenvalue weighted by Crippen LogP contribution is 2.47. The summed E-state index contributed by atoms with van der Waals surface area (Å²) in [5.74, 6) is 1.44. The summed E-state index contributed by atoms with van der Waals surface area (Å²) in [5, 5.41) is 16.3. The summed E-state index contributed by atoms with van der Waals surface area (Å²) in [6, 6.07) is 10.6. The maximum atomic E-state index is 12.2. The van der Waals surface area contributed by atoms with Crippen LogP contribution in [0.4, 0.5) is 4.79 Å². The SMILES string of the molecule is CC1CC1C(NC(=O)NCC(O)c1ccco1)c1ccc(Cl)cc1. The number of rotatable bonds is 6. The van der Waals surface area contributed by atoms with Gasteiger partial charge in [-0.15, -0.1) is 0 Å². The number of furan rings is 1. The summed E-state index contributed by atoms with van der Waals surface area (Å²) in [4.78, 5) is 12.2. The molecule has 4 unspecified atom stereocenters. The Bertz CT molecular complexity index is 672. The second-order valence-electron chi connectivity index (χ2n) is 6.29. The number of aliphatic hydroxyl groups is 1. The van der Waals surface area contributed by atoms with E-state index in [1.54, 1.807) is 12.1 Å². The molecule has 1 aliphatic carbocycles. The number of halogens is 1. The molecule has 2 aromatic rings. The fourth-order valence-electron chi connectivity index (χ4n) is 2.89. The van der Waals surface area contributed by atoms with E-state index >= 15 is 0 Å². The van der Waals surface area contributed by atoms with Crippen molar-refractivity contribution in [1.29, 1.82) is 0 Å². The fourth-order valence-corrected chi connectivity index (χ4v) is 3.01. The number of amides is 2. The van der Waals surface area contributed by atoms with Crippen LogP contribution in [0.5, 0.6) is 0 Å². The van der Waals surface area contributed by atoms with Gasteiger partial charge in [0.2, 0.25) is 0 Å². The molecule has 1 saturated carbocycles. The van der Waals surface area contributed by atoms with Crippen LogP contribution in [-0.2, 0) is 0 Å². The van der Waals surface area contributed by atoms with E-state index in [0.717, 1.165) is 12.0 Å². The highest BCUT2D eigenvalue weighted by Gasteiger charge is 2.41. The van der Waals surface area contributed by atoms with E-state index in [-0.39, 0.29) is 18.6 Å². The lowest BCUT2D eigenvalue weighted by Crippen LogP contribution is -2.40. The van der Waals surface area contributed by atoms with Crippen LogP contribution in [0, 0.1) is 11.8 Å². The van der Waals surface area contributed by atoms with Crippen molar-refractivity contribution in [3.8, 4) is 0 Å². The van der Waals surface area contributed by atoms with Gasteiger partial charge in [0.15, 0.2) is 0 Å². The third-order valence-electron chi connectivity index (χ3n) is 4.44. The van der Waals surface area contributed by atoms with Crippen LogP contribution in [0.25, 0.3) is 0 Å². The van der Waals surface area contributed by atoms with Crippen LogP contribution in [0.3, 0.4) is 0 Å². The van der Waals surface area contributed by atoms with Gasteiger partial charge >= 0.3 is 6.03 Å². The highest BCUT2D eigenvalue weighted by molar-refractivity contribution is 6.30. The summed E-state index contributed by atoms with van der Waals surface area (Å²) in [5.41, 5.74) is 1.04. The minimum absolute atomic E-state index is 0.0574. The molecule has 24 heavy (non-hydrogen) atoms. The molecule has 1 heterocycles. The second kappa shape index (κ2) is 7.28. The molecular formula is C18H21ClN2O3. The van der Waals surface area contributed by atoms with E-state index in [4.69, 9.17) is 16.0 Å². The first-order valence-electron chi connectivity index (χ1n) is 8.06. The van der Waals surface area contributed by atoms with E-state index in [1.165, 1.54) is 6.26 Å². The van der Waals surface area contributed by atoms with Crippen LogP contribution in [-0.4, -0.2) is 17.7 Å². The molecule has 0 spiro atoms. The third-order valence-corrected chi connectivity index (χ3v) is 4.70. The van der Waals surface area contributed by atoms with Gasteiger partial charge in [-0.05, 0) is 48.1 Å². The van der Waals surface area contributed by atoms with Crippen molar-refractivity contribution in [2.24, 2.45) is 11.8 Å². The van der Waals surface area contributed by atoms with Crippen LogP contribution in [0.15, 0.2) is 47.1 Å². The number of carbonyl (C=O) groups excluding carboxylic acids is 1. The minimum Gasteiger partial charge on any atom is -0.467 e. The molecule has 3 rings (SSSR count). The van der Waals surface area contributed by atoms with Gasteiger partial charge in [-0.25, -0.2) is 4.79 Å². The molecule has 2 amide bonds. The fraction of sp³-hybridized carbons (Fsp3) is 0.389. The van der Waals surface area contributed by atoms with Gasteiger partial charge < -0.3 is 20.2 Å². The van der Waals surface area contributed by atoms with Crippen molar-refractivity contribution in [3.05, 3.63) is 59.0 Å². The summed E-state index contributed by atoms with van der Waals surface area (Å²) in [6.07, 6.45) is 1.71. The number of benzene rings is 1. The normalized spacial score (nSPS) is 21.8. The van der Waals surface area contributed by atoms with Gasteiger partial charge in [0.25, 0.3) is 0 Å². The molecule has 1 fully saturated rings. The predicted molar refractivity (Wildman–Crippen MR) is 91.7 cm³/mol. The van der Waals surface area contributed by atoms with Gasteiger partial charge in [0.05, 0.1) is 18.8 Å². The Kier molecular flexibility index (Phi) is 5.11. The largest absolute Gasteiger partial charge is 0.467 e. The van der Waals surface area contributed by atoms with E-state index in [0.29, 0.717) is 22.6 Å². The molecule has 1 aliphatic rings. The monoisotopic (exact) mass is 348 g/mol. The lowest BCUT2D eigenvalue weighted by Gasteiger charge is -2.20. The van der Waals surface area contributed by atoms with Crippen molar-refractivity contribution in [2.45, 2.75) is 25.5 Å². The summed E-state index contributed by atoms with van der Waals surface area (Å²) < 4.78 is 5.12. The van der Waals surface area contributed by atoms with E-state index in [9.17, 15) is 9.90 Å². The molecule has 6 heteroatoms. The average Bonchev–Trinajstić information content (AvgIpc) is 3.06. The van der Waals surface area contributed by atoms with Gasteiger partial charge in [-0.2, -0.15) is 0 Å². The van der Waals surface area contributed by atoms with E-state index in [2.05, 4.69) is 17.6 Å². The number of nitrogens with one attached hydrogen (secondary N) is 2. The Hall–Kier alpha value is -1.98. The standard InChI is InChI=1S/C18H21ClN2O3/c1-11-9-14(11)17(12-4-6-13(19)7-5-12)21-18(23)20-10-15(22)16-3-2-8-24-16/h2-8,11,14-15,17,22H,9-10H2,1H3,(H2,20,21,23). The average molecular weight is 349 g/mol. The molecule has 1 aromatic heterocycles. The maximum absolute atomic E-state index is 12.2. The molecule has 0 saturated heterocycles. The van der Waals surface area contributed by atoms with Crippen LogP contribution in [0.2, 0.25) is 5.02 Å². The zero-order valence-corrected chi connectivity index (χ0v) is 14.2. The van der Waals surface area contributed by atoms with E-state index in [1.807, 2.05) is 24.3 Å². The lowest BCUT2D eigenvalue weighted by molar-refractivity contribution is 0.147. The van der Waals surface area contributed by atoms with Crippen LogP contribution in [0.1, 0.15) is 36.8 Å². The number of hydrogen-bond acceptors (Lipinski definition) is 3. The van der Waals surface area contributed by atoms with Gasteiger partial charge in [-0.1, -0.05) is 30.7 Å². The predicted octanol–water partition coefficient (Wildman–Crippen LogP) is 3.66. The van der Waals surface area contributed by atoms with Crippen molar-refractivity contribution < 1.29 is 14.3 Å². The second-order valence-corrected chi connectivity index (χ2v) is 6.73. The first kappa shape index (κ1) is 16.9. The number of aliphatic hydroxyl groups excluding tert-OH is 1. The molecular weight excluding hydrogens is 328 g/mol. The topological polar surface area (TPSA) is 74.5 Å². The van der Waals surface area contributed by atoms with Crippen LogP contribution < -0.4 is 10.6 Å². The Morgan fingerprint density at radius 1 is 1.38 bits per heavy atom. The Labute approximate surface area is 146 Å². The van der Waals surface area contributed by atoms with Gasteiger partial charge in [0, 0.05) is 5.02 Å². The smallest absolute Gasteiger partial charge is 0.315 e. The van der Waals surface area contributed by atoms with Crippen LogP contribution >= 0.6 is 11.6 Å². The zero-order chi connectivity index (χ0) is 17.1. The van der Waals surface area contributed by atoms with Crippen molar-refractivity contribution in [3.63, 3.8) is 0 Å². The quantitative estimate of drug-likeness (QED) is 0.745. The molecule has 4 atom stereocenters. The van der Waals surface area contributed by atoms with Crippen molar-refractivity contribution in [2.75, 3.05) is 6.54 Å². The Morgan fingerprint density at radius 2 is 2.08 bits per heavy atom. The Balaban J connectivity index is 1.58. The molecule has 3 N–H and O–H groups in total. The maximum Gasteiger partial charge on any atom is 0.315 e. The number of hydrogen-bond donors (Lipinski definition) is 3. The lowest BCUT2D eigenvalue weighted by atomic mass is 10.0. The van der Waals surface area contributed by atoms with Gasteiger partial charge in [0.1, 0.15) is 11.9 Å². The summed E-state index contributed by atoms with van der Waals surface area (Å²) in [6.45, 7) is 2.26. The molecule has 5 nitrogen and oxygen atoms in total. The highest BCUT2D eigenvalue weighted by atomic mass is 35.5. The third kappa shape index (κ3) is 4.10. The molecule has 128 valence electrons. The molecule has 1 aromatic carbocycles. The van der Waals surface area contributed by atoms with Crippen molar-refractivity contribution >= 4 is 17.6 Å². The first-order valence-corrected chi connectivity index (χ1v) is 8.43. The number of carbonyl (C=O) groups is 1. The van der Waals surface area contributed by atoms with Crippen molar-refractivity contribution in [1.82, 2.24) is 10.6 Å². The number of urea groups is 1. The molecule has 0 aliphatic heterocycles. The molecule has 0 bridgehead atoms. The zero-order valence-electron chi connectivity index (χ0n) is 13.4. The first-order chi connectivity index (χ1) is 11.5. The Morgan fingerprint density at radius 3 is 2.67 bits per heavy atom. The van der Waals surface area contributed by atoms with E-state index < -0.39 is 6.10 Å². The minimum atomic E-state index is -0.861. The van der Waals surface area contributed by atoms with Gasteiger partial charge in [-0.3, -0.25) is 0 Å². The molecule has 0 radical (unpaired) electrons. The summed E-state index contributed by atoms with van der Waals surface area (Å²) >= 11 is 5.94. The summed E-state index contributed by atoms with van der Waals surface area (Å²) in [7, 11) is 0.